The normalized spacial score (nSPS) is 12.5. The summed E-state index contributed by atoms with van der Waals surface area (Å²) in [6.07, 6.45) is 9.11. The van der Waals surface area contributed by atoms with E-state index in [0.29, 0.717) is 0 Å². The monoisotopic (exact) mass is 146 g/mol. The maximum absolute atomic E-state index is 5.24. The first-order valence-corrected chi connectivity index (χ1v) is 3.59. The molecule has 0 nitrogen and oxygen atoms in total. The summed E-state index contributed by atoms with van der Waals surface area (Å²) >= 11 is 0. The van der Waals surface area contributed by atoms with E-state index in [1.54, 1.807) is 0 Å². The first kappa shape index (κ1) is 9.78. The van der Waals surface area contributed by atoms with E-state index in [9.17, 15) is 0 Å². The van der Waals surface area contributed by atoms with Gasteiger partial charge in [0.05, 0.1) is 0 Å². The van der Waals surface area contributed by atoms with Crippen molar-refractivity contribution in [2.45, 2.75) is 20.8 Å². The fraction of sp³-hybridized carbons (Fsp3) is 0.273. The Morgan fingerprint density at radius 1 is 1.45 bits per heavy atom. The van der Waals surface area contributed by atoms with Crippen LogP contribution in [0, 0.1) is 12.3 Å². The minimum atomic E-state index is 0.908. The van der Waals surface area contributed by atoms with Crippen LogP contribution in [0.5, 0.6) is 0 Å². The summed E-state index contributed by atoms with van der Waals surface area (Å²) in [5, 5.41) is 0. The lowest BCUT2D eigenvalue weighted by Crippen LogP contribution is -1.78. The van der Waals surface area contributed by atoms with Gasteiger partial charge in [-0.15, -0.1) is 6.42 Å². The van der Waals surface area contributed by atoms with Gasteiger partial charge in [-0.1, -0.05) is 24.1 Å². The van der Waals surface area contributed by atoms with E-state index in [1.807, 2.05) is 32.9 Å². The molecule has 0 spiro atoms. The number of hydrogen-bond donors (Lipinski definition) is 0. The topological polar surface area (TPSA) is 0 Å². The van der Waals surface area contributed by atoms with E-state index in [4.69, 9.17) is 6.42 Å². The van der Waals surface area contributed by atoms with Gasteiger partial charge in [0, 0.05) is 5.57 Å². The van der Waals surface area contributed by atoms with E-state index >= 15 is 0 Å². The predicted molar refractivity (Wildman–Crippen MR) is 51.2 cm³/mol. The third kappa shape index (κ3) is 3.47. The molecule has 0 saturated carbocycles. The van der Waals surface area contributed by atoms with Crippen molar-refractivity contribution < 1.29 is 0 Å². The summed E-state index contributed by atoms with van der Waals surface area (Å²) in [5.74, 6) is 2.58. The number of hydrogen-bond acceptors (Lipinski definition) is 0. The molecule has 0 rings (SSSR count). The van der Waals surface area contributed by atoms with Crippen molar-refractivity contribution in [2.75, 3.05) is 0 Å². The standard InChI is InChI=1S/C11H14/c1-6-11(7-2)8-10(5)9(3)4/h1,7-8H,3H2,2,4-5H3/b10-8-,11-7-. The predicted octanol–water partition coefficient (Wildman–Crippen LogP) is 3.09. The Morgan fingerprint density at radius 2 is 2.00 bits per heavy atom. The molecule has 0 heteroatoms. The molecule has 58 valence electrons. The van der Waals surface area contributed by atoms with Gasteiger partial charge in [-0.2, -0.15) is 0 Å². The smallest absolute Gasteiger partial charge is 0.0202 e. The minimum absolute atomic E-state index is 0.908. The first-order chi connectivity index (χ1) is 5.11. The lowest BCUT2D eigenvalue weighted by atomic mass is 10.1. The zero-order valence-corrected chi connectivity index (χ0v) is 7.44. The van der Waals surface area contributed by atoms with Crippen molar-refractivity contribution in [3.05, 3.63) is 35.5 Å². The largest absolute Gasteiger partial charge is 0.115 e. The molecule has 0 amide bonds. The van der Waals surface area contributed by atoms with Gasteiger partial charge in [0.25, 0.3) is 0 Å². The van der Waals surface area contributed by atoms with Crippen LogP contribution in [0.4, 0.5) is 0 Å². The van der Waals surface area contributed by atoms with E-state index < -0.39 is 0 Å². The van der Waals surface area contributed by atoms with Crippen LogP contribution in [0.1, 0.15) is 20.8 Å². The molecule has 0 aliphatic carbocycles. The summed E-state index contributed by atoms with van der Waals surface area (Å²) in [5.41, 5.74) is 3.10. The number of allylic oxidation sites excluding steroid dienone is 5. The molecule has 0 fully saturated rings. The van der Waals surface area contributed by atoms with E-state index in [-0.39, 0.29) is 0 Å². The average molecular weight is 146 g/mol. The average Bonchev–Trinajstić information content (AvgIpc) is 1.99. The summed E-state index contributed by atoms with van der Waals surface area (Å²) in [6.45, 7) is 9.71. The van der Waals surface area contributed by atoms with Crippen LogP contribution in [0.2, 0.25) is 0 Å². The van der Waals surface area contributed by atoms with Crippen LogP contribution in [-0.4, -0.2) is 0 Å². The van der Waals surface area contributed by atoms with Crippen molar-refractivity contribution in [1.82, 2.24) is 0 Å². The highest BCUT2D eigenvalue weighted by atomic mass is 13.9. The van der Waals surface area contributed by atoms with Crippen molar-refractivity contribution in [3.8, 4) is 12.3 Å². The van der Waals surface area contributed by atoms with Crippen LogP contribution in [0.25, 0.3) is 0 Å². The van der Waals surface area contributed by atoms with Crippen molar-refractivity contribution >= 4 is 0 Å². The van der Waals surface area contributed by atoms with E-state index in [1.165, 1.54) is 0 Å². The number of rotatable bonds is 2. The zero-order chi connectivity index (χ0) is 8.85. The second-order valence-electron chi connectivity index (χ2n) is 2.50. The molecule has 0 bridgehead atoms. The highest BCUT2D eigenvalue weighted by Crippen LogP contribution is 2.08. The summed E-state index contributed by atoms with van der Waals surface area (Å²) in [7, 11) is 0. The Balaban J connectivity index is 4.58. The molecule has 0 aromatic heterocycles. The van der Waals surface area contributed by atoms with E-state index in [0.717, 1.165) is 16.7 Å². The van der Waals surface area contributed by atoms with Gasteiger partial charge in [0.2, 0.25) is 0 Å². The van der Waals surface area contributed by atoms with Crippen molar-refractivity contribution in [3.63, 3.8) is 0 Å². The van der Waals surface area contributed by atoms with Gasteiger partial charge in [0.1, 0.15) is 0 Å². The molecule has 0 aliphatic rings. The van der Waals surface area contributed by atoms with Crippen LogP contribution in [0.15, 0.2) is 35.5 Å². The molecule has 0 aromatic carbocycles. The highest BCUT2D eigenvalue weighted by Gasteiger charge is 1.89. The van der Waals surface area contributed by atoms with Crippen LogP contribution < -0.4 is 0 Å². The molecule has 0 N–H and O–H groups in total. The molecule has 0 saturated heterocycles. The maximum Gasteiger partial charge on any atom is 0.0202 e. The van der Waals surface area contributed by atoms with Crippen LogP contribution >= 0.6 is 0 Å². The maximum atomic E-state index is 5.24. The van der Waals surface area contributed by atoms with Gasteiger partial charge in [-0.3, -0.25) is 0 Å². The summed E-state index contributed by atoms with van der Waals surface area (Å²) < 4.78 is 0. The van der Waals surface area contributed by atoms with Crippen molar-refractivity contribution in [2.24, 2.45) is 0 Å². The molecular formula is C11H14. The van der Waals surface area contributed by atoms with Crippen LogP contribution in [0.3, 0.4) is 0 Å². The quantitative estimate of drug-likeness (QED) is 0.415. The molecule has 0 unspecified atom stereocenters. The molecule has 0 atom stereocenters. The van der Waals surface area contributed by atoms with Gasteiger partial charge >= 0.3 is 0 Å². The lowest BCUT2D eigenvalue weighted by Gasteiger charge is -1.97. The Hall–Kier alpha value is -1.22. The Kier molecular flexibility index (Phi) is 4.07. The highest BCUT2D eigenvalue weighted by molar-refractivity contribution is 5.41. The van der Waals surface area contributed by atoms with Crippen LogP contribution in [-0.2, 0) is 0 Å². The first-order valence-electron chi connectivity index (χ1n) is 3.59. The van der Waals surface area contributed by atoms with Gasteiger partial charge in [-0.05, 0) is 32.4 Å². The second kappa shape index (κ2) is 4.57. The van der Waals surface area contributed by atoms with Gasteiger partial charge in [-0.25, -0.2) is 0 Å². The van der Waals surface area contributed by atoms with Crippen molar-refractivity contribution in [1.29, 1.82) is 0 Å². The molecule has 0 aliphatic heterocycles. The molecule has 0 radical (unpaired) electrons. The number of terminal acetylenes is 1. The Morgan fingerprint density at radius 3 is 2.27 bits per heavy atom. The summed E-state index contributed by atoms with van der Waals surface area (Å²) in [6, 6.07) is 0. The molecule has 11 heavy (non-hydrogen) atoms. The SMILES string of the molecule is C#CC(/C=C(/C)C(=C)C)=C/C. The fourth-order valence-corrected chi connectivity index (χ4v) is 0.565. The Bertz CT molecular complexity index is 244. The third-order valence-corrected chi connectivity index (χ3v) is 1.52. The Labute approximate surface area is 69.3 Å². The van der Waals surface area contributed by atoms with E-state index in [2.05, 4.69) is 12.5 Å². The molecule has 0 heterocycles. The molecule has 0 aromatic rings. The third-order valence-electron chi connectivity index (χ3n) is 1.52. The summed E-state index contributed by atoms with van der Waals surface area (Å²) in [4.78, 5) is 0. The lowest BCUT2D eigenvalue weighted by molar-refractivity contribution is 1.35. The molecular weight excluding hydrogens is 132 g/mol. The zero-order valence-electron chi connectivity index (χ0n) is 7.44. The fourth-order valence-electron chi connectivity index (χ4n) is 0.565. The second-order valence-corrected chi connectivity index (χ2v) is 2.50. The van der Waals surface area contributed by atoms with Gasteiger partial charge in [0.15, 0.2) is 0 Å². The minimum Gasteiger partial charge on any atom is -0.115 e. The van der Waals surface area contributed by atoms with Gasteiger partial charge < -0.3 is 0 Å².